The molecular formula is C15H20N2O3S. The lowest BCUT2D eigenvalue weighted by atomic mass is 9.95. The molecule has 0 spiro atoms. The largest absolute Gasteiger partial charge is 0.480 e. The molecule has 1 heterocycles. The third kappa shape index (κ3) is 3.98. The summed E-state index contributed by atoms with van der Waals surface area (Å²) in [6, 6.07) is 4.79. The second-order valence-corrected chi connectivity index (χ2v) is 6.00. The highest BCUT2D eigenvalue weighted by Crippen LogP contribution is 2.19. The summed E-state index contributed by atoms with van der Waals surface area (Å²) >= 11 is 1.57. The van der Waals surface area contributed by atoms with Crippen molar-refractivity contribution in [3.63, 3.8) is 0 Å². The molecule has 114 valence electrons. The number of rotatable bonds is 6. The molecule has 2 rings (SSSR count). The fourth-order valence-electron chi connectivity index (χ4n) is 2.47. The van der Waals surface area contributed by atoms with Crippen molar-refractivity contribution in [2.45, 2.75) is 25.4 Å². The Balaban J connectivity index is 2.14. The van der Waals surface area contributed by atoms with Gasteiger partial charge in [-0.25, -0.2) is 4.79 Å². The van der Waals surface area contributed by atoms with E-state index in [1.165, 1.54) is 0 Å². The molecule has 1 unspecified atom stereocenters. The van der Waals surface area contributed by atoms with Crippen molar-refractivity contribution in [3.05, 3.63) is 34.9 Å². The Hall–Kier alpha value is -1.53. The molecule has 0 aliphatic carbocycles. The number of carbonyl (C=O) groups excluding carboxylic acids is 1. The summed E-state index contributed by atoms with van der Waals surface area (Å²) in [5.41, 5.74) is 2.75. The second kappa shape index (κ2) is 7.47. The molecule has 21 heavy (non-hydrogen) atoms. The summed E-state index contributed by atoms with van der Waals surface area (Å²) in [5.74, 6) is -0.570. The number of fused-ring (bicyclic) bond motifs is 1. The van der Waals surface area contributed by atoms with Crippen LogP contribution in [0.3, 0.4) is 0 Å². The molecule has 6 heteroatoms. The maximum Gasteiger partial charge on any atom is 0.326 e. The smallest absolute Gasteiger partial charge is 0.326 e. The van der Waals surface area contributed by atoms with Crippen LogP contribution in [0.4, 0.5) is 0 Å². The van der Waals surface area contributed by atoms with Crippen LogP contribution in [-0.2, 0) is 17.8 Å². The topological polar surface area (TPSA) is 78.4 Å². The van der Waals surface area contributed by atoms with Crippen LogP contribution in [0.2, 0.25) is 0 Å². The molecule has 1 aromatic carbocycles. The number of amides is 1. The van der Waals surface area contributed by atoms with E-state index in [9.17, 15) is 14.7 Å². The van der Waals surface area contributed by atoms with Crippen molar-refractivity contribution in [1.82, 2.24) is 10.6 Å². The lowest BCUT2D eigenvalue weighted by molar-refractivity contribution is -0.139. The van der Waals surface area contributed by atoms with Crippen LogP contribution in [-0.4, -0.2) is 41.6 Å². The minimum absolute atomic E-state index is 0.290. The average Bonchev–Trinajstić information content (AvgIpc) is 2.50. The average molecular weight is 308 g/mol. The summed E-state index contributed by atoms with van der Waals surface area (Å²) in [7, 11) is 0. The first-order valence-corrected chi connectivity index (χ1v) is 8.37. The van der Waals surface area contributed by atoms with Crippen LogP contribution < -0.4 is 10.6 Å². The van der Waals surface area contributed by atoms with Crippen molar-refractivity contribution in [2.75, 3.05) is 18.6 Å². The van der Waals surface area contributed by atoms with Crippen LogP contribution in [0.1, 0.15) is 27.9 Å². The van der Waals surface area contributed by atoms with Crippen LogP contribution in [0.25, 0.3) is 0 Å². The van der Waals surface area contributed by atoms with E-state index in [0.29, 0.717) is 17.7 Å². The van der Waals surface area contributed by atoms with Crippen LogP contribution in [0, 0.1) is 0 Å². The van der Waals surface area contributed by atoms with Crippen molar-refractivity contribution < 1.29 is 14.7 Å². The summed E-state index contributed by atoms with van der Waals surface area (Å²) in [5, 5.41) is 15.1. The Kier molecular flexibility index (Phi) is 5.64. The Morgan fingerprint density at radius 1 is 1.48 bits per heavy atom. The zero-order valence-corrected chi connectivity index (χ0v) is 12.8. The standard InChI is InChI=1S/C15H20N2O3S/c1-21-8-6-13(15(19)20)17-14(18)12-4-2-3-10-9-16-7-5-11(10)12/h2-4,13,16H,5-9H2,1H3,(H,17,18)(H,19,20). The van der Waals surface area contributed by atoms with Crippen molar-refractivity contribution in [3.8, 4) is 0 Å². The van der Waals surface area contributed by atoms with Gasteiger partial charge in [0.15, 0.2) is 0 Å². The first-order valence-electron chi connectivity index (χ1n) is 6.97. The normalized spacial score (nSPS) is 15.1. The molecule has 1 aliphatic rings. The fraction of sp³-hybridized carbons (Fsp3) is 0.467. The molecule has 0 saturated heterocycles. The highest BCUT2D eigenvalue weighted by atomic mass is 32.2. The minimum atomic E-state index is -0.983. The summed E-state index contributed by atoms with van der Waals surface area (Å²) in [6.07, 6.45) is 3.14. The van der Waals surface area contributed by atoms with Gasteiger partial charge in [0.2, 0.25) is 0 Å². The molecule has 1 amide bonds. The van der Waals surface area contributed by atoms with Gasteiger partial charge in [0.05, 0.1) is 0 Å². The maximum absolute atomic E-state index is 12.4. The molecule has 0 radical (unpaired) electrons. The molecular weight excluding hydrogens is 288 g/mol. The van der Waals surface area contributed by atoms with Gasteiger partial charge < -0.3 is 15.7 Å². The number of benzene rings is 1. The molecule has 1 aromatic rings. The van der Waals surface area contributed by atoms with E-state index in [2.05, 4.69) is 10.6 Å². The van der Waals surface area contributed by atoms with E-state index >= 15 is 0 Å². The van der Waals surface area contributed by atoms with Crippen LogP contribution in [0.15, 0.2) is 18.2 Å². The number of carboxylic acid groups (broad SMARTS) is 1. The molecule has 5 nitrogen and oxygen atoms in total. The number of hydrogen-bond donors (Lipinski definition) is 3. The Bertz CT molecular complexity index is 534. The van der Waals surface area contributed by atoms with Gasteiger partial charge in [0.1, 0.15) is 6.04 Å². The third-order valence-corrected chi connectivity index (χ3v) is 4.24. The second-order valence-electron chi connectivity index (χ2n) is 5.02. The van der Waals surface area contributed by atoms with E-state index < -0.39 is 12.0 Å². The number of carbonyl (C=O) groups is 2. The highest BCUT2D eigenvalue weighted by Gasteiger charge is 2.23. The monoisotopic (exact) mass is 308 g/mol. The first-order chi connectivity index (χ1) is 10.1. The predicted molar refractivity (Wildman–Crippen MR) is 83.7 cm³/mol. The van der Waals surface area contributed by atoms with Gasteiger partial charge in [-0.2, -0.15) is 11.8 Å². The number of aliphatic carboxylic acids is 1. The lowest BCUT2D eigenvalue weighted by Gasteiger charge is -2.21. The van der Waals surface area contributed by atoms with Crippen LogP contribution >= 0.6 is 11.8 Å². The van der Waals surface area contributed by atoms with E-state index in [-0.39, 0.29) is 5.91 Å². The van der Waals surface area contributed by atoms with Crippen LogP contribution in [0.5, 0.6) is 0 Å². The van der Waals surface area contributed by atoms with E-state index in [1.54, 1.807) is 17.8 Å². The molecule has 0 saturated carbocycles. The van der Waals surface area contributed by atoms with E-state index in [1.807, 2.05) is 18.4 Å². The maximum atomic E-state index is 12.4. The first kappa shape index (κ1) is 15.9. The zero-order chi connectivity index (χ0) is 15.2. The summed E-state index contributed by atoms with van der Waals surface area (Å²) in [6.45, 7) is 1.59. The van der Waals surface area contributed by atoms with Crippen molar-refractivity contribution >= 4 is 23.6 Å². The third-order valence-electron chi connectivity index (χ3n) is 3.60. The van der Waals surface area contributed by atoms with Gasteiger partial charge >= 0.3 is 5.97 Å². The van der Waals surface area contributed by atoms with Gasteiger partial charge in [-0.15, -0.1) is 0 Å². The van der Waals surface area contributed by atoms with Gasteiger partial charge in [0.25, 0.3) is 5.91 Å². The van der Waals surface area contributed by atoms with Gasteiger partial charge in [-0.1, -0.05) is 12.1 Å². The molecule has 0 bridgehead atoms. The Morgan fingerprint density at radius 2 is 2.29 bits per heavy atom. The summed E-state index contributed by atoms with van der Waals surface area (Å²) in [4.78, 5) is 23.6. The minimum Gasteiger partial charge on any atom is -0.480 e. The number of hydrogen-bond acceptors (Lipinski definition) is 4. The molecule has 1 aliphatic heterocycles. The quantitative estimate of drug-likeness (QED) is 0.737. The van der Waals surface area contributed by atoms with Crippen molar-refractivity contribution in [1.29, 1.82) is 0 Å². The lowest BCUT2D eigenvalue weighted by Crippen LogP contribution is -2.42. The van der Waals surface area contributed by atoms with Gasteiger partial charge in [-0.05, 0) is 48.6 Å². The Labute approximate surface area is 128 Å². The van der Waals surface area contributed by atoms with Gasteiger partial charge in [-0.3, -0.25) is 4.79 Å². The predicted octanol–water partition coefficient (Wildman–Crippen LogP) is 1.27. The van der Waals surface area contributed by atoms with Gasteiger partial charge in [0, 0.05) is 12.1 Å². The molecule has 0 fully saturated rings. The molecule has 3 N–H and O–H groups in total. The number of thioether (sulfide) groups is 1. The summed E-state index contributed by atoms with van der Waals surface area (Å²) < 4.78 is 0. The van der Waals surface area contributed by atoms with E-state index in [0.717, 1.165) is 30.6 Å². The number of carboxylic acids is 1. The van der Waals surface area contributed by atoms with Crippen molar-refractivity contribution in [2.24, 2.45) is 0 Å². The highest BCUT2D eigenvalue weighted by molar-refractivity contribution is 7.98. The Morgan fingerprint density at radius 3 is 3.00 bits per heavy atom. The fourth-order valence-corrected chi connectivity index (χ4v) is 2.95. The molecule has 0 aromatic heterocycles. The number of nitrogens with one attached hydrogen (secondary N) is 2. The SMILES string of the molecule is CSCCC(NC(=O)c1cccc2c1CCNC2)C(=O)O. The molecule has 1 atom stereocenters. The zero-order valence-electron chi connectivity index (χ0n) is 12.0. The van der Waals surface area contributed by atoms with E-state index in [4.69, 9.17) is 0 Å².